The molecule has 27 heavy (non-hydrogen) atoms. The third kappa shape index (κ3) is 6.33. The summed E-state index contributed by atoms with van der Waals surface area (Å²) in [4.78, 5) is 39.0. The van der Waals surface area contributed by atoms with Gasteiger partial charge in [0.25, 0.3) is 5.78 Å². The zero-order chi connectivity index (χ0) is 19.8. The highest BCUT2D eigenvalue weighted by Gasteiger charge is 2.21. The topological polar surface area (TPSA) is 94.6 Å². The number of ketones is 1. The Bertz CT molecular complexity index is 837. The summed E-state index contributed by atoms with van der Waals surface area (Å²) < 4.78 is 10.2. The molecule has 1 aromatic heterocycles. The summed E-state index contributed by atoms with van der Waals surface area (Å²) in [5.41, 5.74) is 0.874. The van der Waals surface area contributed by atoms with Crippen molar-refractivity contribution in [3.05, 3.63) is 39.9 Å². The zero-order valence-electron chi connectivity index (χ0n) is 14.9. The molecule has 0 spiro atoms. The lowest BCUT2D eigenvalue weighted by molar-refractivity contribution is -0.137. The molecular formula is C18H19ClN2O5S. The van der Waals surface area contributed by atoms with Crippen molar-refractivity contribution >= 4 is 45.7 Å². The van der Waals surface area contributed by atoms with Gasteiger partial charge in [-0.05, 0) is 44.0 Å². The van der Waals surface area contributed by atoms with E-state index in [0.717, 1.165) is 16.9 Å². The smallest absolute Gasteiger partial charge is 0.381 e. The number of anilines is 1. The molecule has 2 aromatic rings. The Hall–Kier alpha value is -2.45. The van der Waals surface area contributed by atoms with Gasteiger partial charge in [0.05, 0.1) is 13.2 Å². The van der Waals surface area contributed by atoms with Gasteiger partial charge in [-0.1, -0.05) is 11.6 Å². The Morgan fingerprint density at radius 3 is 2.78 bits per heavy atom. The van der Waals surface area contributed by atoms with Gasteiger partial charge in [-0.25, -0.2) is 9.78 Å². The minimum atomic E-state index is -0.963. The fraction of sp³-hybridized carbons (Fsp3) is 0.333. The average Bonchev–Trinajstić information content (AvgIpc) is 3.09. The molecule has 1 aromatic carbocycles. The number of aromatic nitrogens is 1. The summed E-state index contributed by atoms with van der Waals surface area (Å²) in [5.74, 6) is -1.36. The molecule has 0 atom stereocenters. The first-order valence-electron chi connectivity index (χ1n) is 8.26. The zero-order valence-corrected chi connectivity index (χ0v) is 16.5. The molecule has 9 heteroatoms. The molecule has 7 nitrogen and oxygen atoms in total. The first-order chi connectivity index (χ1) is 12.9. The van der Waals surface area contributed by atoms with Crippen LogP contribution in [-0.4, -0.2) is 35.9 Å². The number of carbonyl (C=O) groups excluding carboxylic acids is 3. The predicted molar refractivity (Wildman–Crippen MR) is 103 cm³/mol. The molecule has 0 saturated carbocycles. The fourth-order valence-electron chi connectivity index (χ4n) is 2.05. The third-order valence-corrected chi connectivity index (χ3v) is 4.57. The Kier molecular flexibility index (Phi) is 7.75. The van der Waals surface area contributed by atoms with Crippen LogP contribution in [0.2, 0.25) is 5.02 Å². The van der Waals surface area contributed by atoms with E-state index < -0.39 is 11.8 Å². The molecule has 0 saturated heterocycles. The fourth-order valence-corrected chi connectivity index (χ4v) is 2.87. The summed E-state index contributed by atoms with van der Waals surface area (Å²) in [6.07, 6.45) is 0.737. The minimum absolute atomic E-state index is 0.0461. The standard InChI is InChI=1S/C18H19ClN2O5S/c1-3-25-17(24)16(23)14-10-27-18(20-14)21-15(22)5-4-8-26-12-6-7-13(19)11(2)9-12/h6-7,9-10H,3-5,8H2,1-2H3,(H,20,21,22). The number of aryl methyl sites for hydroxylation is 1. The quantitative estimate of drug-likeness (QED) is 0.293. The first kappa shape index (κ1) is 20.9. The number of benzene rings is 1. The van der Waals surface area contributed by atoms with Gasteiger partial charge in [-0.2, -0.15) is 0 Å². The highest BCUT2D eigenvalue weighted by Crippen LogP contribution is 2.21. The molecule has 144 valence electrons. The second-order valence-corrected chi connectivity index (χ2v) is 6.76. The number of hydrogen-bond acceptors (Lipinski definition) is 7. The second-order valence-electron chi connectivity index (χ2n) is 5.50. The highest BCUT2D eigenvalue weighted by molar-refractivity contribution is 7.14. The van der Waals surface area contributed by atoms with Crippen molar-refractivity contribution in [2.45, 2.75) is 26.7 Å². The summed E-state index contributed by atoms with van der Waals surface area (Å²) in [7, 11) is 0. The van der Waals surface area contributed by atoms with Gasteiger partial charge in [-0.15, -0.1) is 11.3 Å². The maximum absolute atomic E-state index is 11.9. The van der Waals surface area contributed by atoms with E-state index in [2.05, 4.69) is 15.0 Å². The van der Waals surface area contributed by atoms with Crippen molar-refractivity contribution in [2.75, 3.05) is 18.5 Å². The van der Waals surface area contributed by atoms with Crippen LogP contribution in [0.15, 0.2) is 23.6 Å². The molecule has 0 bridgehead atoms. The lowest BCUT2D eigenvalue weighted by Crippen LogP contribution is -2.18. The molecule has 0 aliphatic carbocycles. The van der Waals surface area contributed by atoms with Gasteiger partial charge < -0.3 is 14.8 Å². The number of nitrogens with one attached hydrogen (secondary N) is 1. The number of halogens is 1. The van der Waals surface area contributed by atoms with Gasteiger partial charge in [0.2, 0.25) is 5.91 Å². The van der Waals surface area contributed by atoms with Gasteiger partial charge in [0, 0.05) is 16.8 Å². The van der Waals surface area contributed by atoms with Gasteiger partial charge >= 0.3 is 5.97 Å². The minimum Gasteiger partial charge on any atom is -0.494 e. The largest absolute Gasteiger partial charge is 0.494 e. The number of carbonyl (C=O) groups is 3. The first-order valence-corrected chi connectivity index (χ1v) is 9.52. The Balaban J connectivity index is 1.75. The summed E-state index contributed by atoms with van der Waals surface area (Å²) in [6, 6.07) is 5.36. The van der Waals surface area contributed by atoms with Crippen LogP contribution in [0.3, 0.4) is 0 Å². The number of ether oxygens (including phenoxy) is 2. The summed E-state index contributed by atoms with van der Waals surface area (Å²) >= 11 is 7.02. The molecule has 0 radical (unpaired) electrons. The van der Waals surface area contributed by atoms with Crippen LogP contribution < -0.4 is 10.1 Å². The molecule has 0 aliphatic rings. The van der Waals surface area contributed by atoms with E-state index >= 15 is 0 Å². The van der Waals surface area contributed by atoms with Crippen molar-refractivity contribution in [1.82, 2.24) is 4.98 Å². The van der Waals surface area contributed by atoms with Gasteiger partial charge in [-0.3, -0.25) is 9.59 Å². The molecule has 0 unspecified atom stereocenters. The van der Waals surface area contributed by atoms with Crippen molar-refractivity contribution in [1.29, 1.82) is 0 Å². The van der Waals surface area contributed by atoms with Crippen molar-refractivity contribution in [2.24, 2.45) is 0 Å². The number of Topliss-reactive ketones (excluding diaryl/α,β-unsaturated/α-hetero) is 1. The Morgan fingerprint density at radius 2 is 2.07 bits per heavy atom. The third-order valence-electron chi connectivity index (χ3n) is 3.39. The Labute approximate surface area is 165 Å². The van der Waals surface area contributed by atoms with E-state index in [9.17, 15) is 14.4 Å². The van der Waals surface area contributed by atoms with Crippen LogP contribution >= 0.6 is 22.9 Å². The normalized spacial score (nSPS) is 10.3. The van der Waals surface area contributed by atoms with Crippen LogP contribution in [0.4, 0.5) is 5.13 Å². The van der Waals surface area contributed by atoms with E-state index in [0.29, 0.717) is 23.8 Å². The van der Waals surface area contributed by atoms with Crippen LogP contribution in [0.5, 0.6) is 5.75 Å². The maximum Gasteiger partial charge on any atom is 0.381 e. The lowest BCUT2D eigenvalue weighted by atomic mass is 10.2. The number of hydrogen-bond donors (Lipinski definition) is 1. The molecular weight excluding hydrogens is 392 g/mol. The van der Waals surface area contributed by atoms with E-state index in [1.165, 1.54) is 5.38 Å². The molecule has 2 rings (SSSR count). The predicted octanol–water partition coefficient (Wildman–Crippen LogP) is 3.65. The van der Waals surface area contributed by atoms with Crippen LogP contribution in [0, 0.1) is 6.92 Å². The van der Waals surface area contributed by atoms with Crippen LogP contribution in [-0.2, 0) is 14.3 Å². The SMILES string of the molecule is CCOC(=O)C(=O)c1csc(NC(=O)CCCOc2ccc(Cl)c(C)c2)n1. The maximum atomic E-state index is 11.9. The van der Waals surface area contributed by atoms with E-state index in [1.54, 1.807) is 19.1 Å². The van der Waals surface area contributed by atoms with Gasteiger partial charge in [0.15, 0.2) is 5.13 Å². The van der Waals surface area contributed by atoms with E-state index in [4.69, 9.17) is 16.3 Å². The average molecular weight is 411 g/mol. The van der Waals surface area contributed by atoms with E-state index in [-0.39, 0.29) is 29.8 Å². The van der Waals surface area contributed by atoms with Crippen molar-refractivity contribution in [3.8, 4) is 5.75 Å². The van der Waals surface area contributed by atoms with Gasteiger partial charge in [0.1, 0.15) is 11.4 Å². The number of nitrogens with zero attached hydrogens (tertiary/aromatic N) is 1. The molecule has 0 aliphatic heterocycles. The highest BCUT2D eigenvalue weighted by atomic mass is 35.5. The van der Waals surface area contributed by atoms with Crippen LogP contribution in [0.1, 0.15) is 35.8 Å². The molecule has 1 N–H and O–H groups in total. The summed E-state index contributed by atoms with van der Waals surface area (Å²) in [6.45, 7) is 3.97. The van der Waals surface area contributed by atoms with E-state index in [1.807, 2.05) is 13.0 Å². The van der Waals surface area contributed by atoms with Crippen molar-refractivity contribution < 1.29 is 23.9 Å². The number of esters is 1. The molecule has 1 amide bonds. The monoisotopic (exact) mass is 410 g/mol. The lowest BCUT2D eigenvalue weighted by Gasteiger charge is -2.07. The second kappa shape index (κ2) is 10.0. The number of thiazole rings is 1. The molecule has 1 heterocycles. The van der Waals surface area contributed by atoms with Crippen molar-refractivity contribution in [3.63, 3.8) is 0 Å². The van der Waals surface area contributed by atoms with Crippen LogP contribution in [0.25, 0.3) is 0 Å². The summed E-state index contributed by atoms with van der Waals surface area (Å²) in [5, 5.41) is 4.92. The number of amides is 1. The Morgan fingerprint density at radius 1 is 1.30 bits per heavy atom. The number of rotatable bonds is 9. The molecule has 0 fully saturated rings.